The summed E-state index contributed by atoms with van der Waals surface area (Å²) in [4.78, 5) is 12.4. The maximum Gasteiger partial charge on any atom is 0.138 e. The largest absolute Gasteiger partial charge is 0.355 e. The zero-order valence-electron chi connectivity index (χ0n) is 41.5. The van der Waals surface area contributed by atoms with Gasteiger partial charge in [0.05, 0.1) is 74.2 Å². The van der Waals surface area contributed by atoms with Gasteiger partial charge in [-0.15, -0.1) is 0 Å². The second kappa shape index (κ2) is 17.1. The molecule has 0 aliphatic carbocycles. The van der Waals surface area contributed by atoms with Gasteiger partial charge >= 0.3 is 0 Å². The first-order chi connectivity index (χ1) is 37.6. The number of nitriles is 1. The van der Waals surface area contributed by atoms with E-state index in [-0.39, 0.29) is 0 Å². The van der Waals surface area contributed by atoms with Gasteiger partial charge in [-0.3, -0.25) is 4.57 Å². The van der Waals surface area contributed by atoms with Gasteiger partial charge in [-0.05, 0) is 103 Å². The maximum absolute atomic E-state index is 11.6. The molecule has 5 heterocycles. The molecule has 0 spiro atoms. The summed E-state index contributed by atoms with van der Waals surface area (Å²) in [7, 11) is 2.14. The predicted octanol–water partition coefficient (Wildman–Crippen LogP) is 16.9. The van der Waals surface area contributed by atoms with Crippen molar-refractivity contribution >= 4 is 99.5 Å². The molecule has 1 aliphatic rings. The van der Waals surface area contributed by atoms with Gasteiger partial charge in [-0.25, -0.2) is 4.98 Å². The highest BCUT2D eigenvalue weighted by molar-refractivity contribution is 6.13. The van der Waals surface area contributed by atoms with Crippen LogP contribution in [0, 0.1) is 11.3 Å². The lowest BCUT2D eigenvalue weighted by molar-refractivity contribution is 0.949. The Morgan fingerprint density at radius 1 is 0.408 bits per heavy atom. The third-order valence-electron chi connectivity index (χ3n) is 15.4. The Morgan fingerprint density at radius 2 is 0.868 bits per heavy atom. The van der Waals surface area contributed by atoms with Crippen LogP contribution < -0.4 is 14.7 Å². The van der Waals surface area contributed by atoms with Gasteiger partial charge in [0.15, 0.2) is 0 Å². The number of fused-ring (bicyclic) bond motifs is 10. The van der Waals surface area contributed by atoms with Crippen molar-refractivity contribution in [2.45, 2.75) is 0 Å². The van der Waals surface area contributed by atoms with Gasteiger partial charge in [0.2, 0.25) is 0 Å². The van der Waals surface area contributed by atoms with E-state index >= 15 is 0 Å². The van der Waals surface area contributed by atoms with E-state index in [0.29, 0.717) is 11.4 Å². The van der Waals surface area contributed by atoms with Crippen LogP contribution in [0.4, 0.5) is 34.1 Å². The van der Waals surface area contributed by atoms with Gasteiger partial charge in [-0.1, -0.05) is 140 Å². The molecule has 0 amide bonds. The number of rotatable bonds is 8. The van der Waals surface area contributed by atoms with Crippen LogP contribution in [-0.4, -0.2) is 32.4 Å². The molecule has 8 heteroatoms. The standard InChI is InChI=1S/C68H46N8/c1-71-44-72(63-34-16-15-33-62(63)71)47-21-17-22-48(40-47)73(46-19-3-2-4-20-46)49-37-38-55-54-27-9-14-32-61(54)76(66(55)41-49)67-39-45(42-69)56(43-70-67)68-64(74-57-28-10-5-23-50(57)51-24-6-11-29-58(51)74)35-18-36-65(68)75-59-30-12-7-25-52(59)53-26-8-13-31-60(53)75/h2-41,43H,44H2,1H3. The van der Waals surface area contributed by atoms with Crippen molar-refractivity contribution in [3.8, 4) is 34.4 Å². The van der Waals surface area contributed by atoms with Crippen molar-refractivity contribution in [1.82, 2.24) is 18.7 Å². The van der Waals surface area contributed by atoms with E-state index in [4.69, 9.17) is 4.98 Å². The number of para-hydroxylation sites is 8. The van der Waals surface area contributed by atoms with E-state index in [0.717, 1.165) is 117 Å². The Balaban J connectivity index is 0.947. The Morgan fingerprint density at radius 3 is 1.45 bits per heavy atom. The van der Waals surface area contributed by atoms with Gasteiger partial charge in [0, 0.05) is 79.4 Å². The highest BCUT2D eigenvalue weighted by Gasteiger charge is 2.27. The zero-order chi connectivity index (χ0) is 50.4. The van der Waals surface area contributed by atoms with E-state index in [1.165, 1.54) is 11.4 Å². The fourth-order valence-electron chi connectivity index (χ4n) is 12.2. The van der Waals surface area contributed by atoms with E-state index in [9.17, 15) is 5.26 Å². The summed E-state index contributed by atoms with van der Waals surface area (Å²) in [5, 5.41) is 18.4. The van der Waals surface area contributed by atoms with Crippen molar-refractivity contribution in [2.75, 3.05) is 28.4 Å². The molecule has 1 aliphatic heterocycles. The minimum Gasteiger partial charge on any atom is -0.355 e. The lowest BCUT2D eigenvalue weighted by Gasteiger charge is -2.27. The van der Waals surface area contributed by atoms with Gasteiger partial charge in [-0.2, -0.15) is 5.26 Å². The molecule has 0 saturated carbocycles. The van der Waals surface area contributed by atoms with Crippen molar-refractivity contribution in [3.05, 3.63) is 254 Å². The van der Waals surface area contributed by atoms with Crippen LogP contribution in [0.3, 0.4) is 0 Å². The highest BCUT2D eigenvalue weighted by Crippen LogP contribution is 2.46. The lowest BCUT2D eigenvalue weighted by Crippen LogP contribution is -2.24. The first-order valence-corrected chi connectivity index (χ1v) is 25.7. The fraction of sp³-hybridized carbons (Fsp3) is 0.0294. The van der Waals surface area contributed by atoms with Crippen LogP contribution in [0.2, 0.25) is 0 Å². The third-order valence-corrected chi connectivity index (χ3v) is 15.4. The van der Waals surface area contributed by atoms with Crippen molar-refractivity contribution in [1.29, 1.82) is 5.26 Å². The number of pyridine rings is 1. The molecule has 0 atom stereocenters. The minimum atomic E-state index is 0.513. The fourth-order valence-corrected chi connectivity index (χ4v) is 12.2. The summed E-state index contributed by atoms with van der Waals surface area (Å²) in [6, 6.07) is 88.8. The molecule has 0 unspecified atom stereocenters. The van der Waals surface area contributed by atoms with Gasteiger partial charge < -0.3 is 23.8 Å². The second-order valence-electron chi connectivity index (χ2n) is 19.6. The molecular formula is C68H46N8. The number of hydrogen-bond donors (Lipinski definition) is 0. The highest BCUT2D eigenvalue weighted by atomic mass is 15.4. The van der Waals surface area contributed by atoms with Crippen LogP contribution in [0.5, 0.6) is 0 Å². The summed E-state index contributed by atoms with van der Waals surface area (Å²) >= 11 is 0. The average molecular weight is 975 g/mol. The molecule has 76 heavy (non-hydrogen) atoms. The Hall–Kier alpha value is -10.4. The summed E-state index contributed by atoms with van der Waals surface area (Å²) < 4.78 is 6.94. The van der Waals surface area contributed by atoms with Crippen LogP contribution >= 0.6 is 0 Å². The number of benzene rings is 10. The number of anilines is 6. The van der Waals surface area contributed by atoms with Gasteiger partial charge in [0.1, 0.15) is 5.82 Å². The van der Waals surface area contributed by atoms with E-state index < -0.39 is 0 Å². The molecular weight excluding hydrogens is 929 g/mol. The maximum atomic E-state index is 11.6. The van der Waals surface area contributed by atoms with Crippen LogP contribution in [-0.2, 0) is 0 Å². The van der Waals surface area contributed by atoms with Crippen LogP contribution in [0.1, 0.15) is 5.56 Å². The molecule has 0 radical (unpaired) electrons. The molecule has 0 bridgehead atoms. The monoisotopic (exact) mass is 974 g/mol. The number of hydrogen-bond acceptors (Lipinski definition) is 5. The molecule has 15 rings (SSSR count). The predicted molar refractivity (Wildman–Crippen MR) is 314 cm³/mol. The van der Waals surface area contributed by atoms with E-state index in [1.807, 2.05) is 12.3 Å². The zero-order valence-corrected chi connectivity index (χ0v) is 41.5. The average Bonchev–Trinajstić information content (AvgIpc) is 4.25. The number of nitrogens with zero attached hydrogens (tertiary/aromatic N) is 8. The minimum absolute atomic E-state index is 0.513. The molecule has 0 N–H and O–H groups in total. The molecule has 0 fully saturated rings. The first kappa shape index (κ1) is 43.2. The molecule has 358 valence electrons. The molecule has 0 saturated heterocycles. The smallest absolute Gasteiger partial charge is 0.138 e. The Kier molecular flexibility index (Phi) is 9.74. The second-order valence-corrected chi connectivity index (χ2v) is 19.6. The Bertz CT molecular complexity index is 4450. The molecule has 8 nitrogen and oxygen atoms in total. The van der Waals surface area contributed by atoms with E-state index in [1.54, 1.807) is 0 Å². The first-order valence-electron chi connectivity index (χ1n) is 25.7. The SMILES string of the molecule is CN1CN(c2cccc(N(c3ccccc3)c3ccc4c5ccccc5n(-c5cc(C#N)c(-c6c(-n7c8ccccc8c8ccccc87)cccc6-n6c7ccccc7c7ccccc76)cn5)c4c3)c2)c2ccccc21. The van der Waals surface area contributed by atoms with Crippen molar-refractivity contribution < 1.29 is 0 Å². The number of aromatic nitrogens is 4. The van der Waals surface area contributed by atoms with Gasteiger partial charge in [0.25, 0.3) is 0 Å². The van der Waals surface area contributed by atoms with Crippen LogP contribution in [0.15, 0.2) is 249 Å². The molecule has 14 aromatic rings. The quantitative estimate of drug-likeness (QED) is 0.152. The Labute approximate surface area is 438 Å². The van der Waals surface area contributed by atoms with Crippen LogP contribution in [0.25, 0.3) is 93.7 Å². The van der Waals surface area contributed by atoms with E-state index in [2.05, 4.69) is 278 Å². The summed E-state index contributed by atoms with van der Waals surface area (Å²) in [5.74, 6) is 0.654. The summed E-state index contributed by atoms with van der Waals surface area (Å²) in [6.45, 7) is 0.754. The molecule has 4 aromatic heterocycles. The van der Waals surface area contributed by atoms with Crippen molar-refractivity contribution in [3.63, 3.8) is 0 Å². The summed E-state index contributed by atoms with van der Waals surface area (Å²) in [5.41, 5.74) is 17.0. The summed E-state index contributed by atoms with van der Waals surface area (Å²) in [6.07, 6.45) is 1.93. The molecule has 10 aromatic carbocycles. The normalized spacial score (nSPS) is 12.4. The topological polar surface area (TPSA) is 61.2 Å². The van der Waals surface area contributed by atoms with Crippen molar-refractivity contribution in [2.24, 2.45) is 0 Å². The third kappa shape index (κ3) is 6.52. The lowest BCUT2D eigenvalue weighted by atomic mass is 9.97.